The maximum Gasteiger partial charge on any atom is 0.244 e. The number of aryl methyl sites for hydroxylation is 1. The van der Waals surface area contributed by atoms with Gasteiger partial charge >= 0.3 is 0 Å². The average molecular weight is 324 g/mol. The molecule has 5 heteroatoms. The maximum atomic E-state index is 12.8. The maximum absolute atomic E-state index is 12.8. The molecule has 0 radical (unpaired) electrons. The highest BCUT2D eigenvalue weighted by Crippen LogP contribution is 2.28. The lowest BCUT2D eigenvalue weighted by Gasteiger charge is -2.19. The van der Waals surface area contributed by atoms with E-state index in [-0.39, 0.29) is 18.0 Å². The fraction of sp³-hybridized carbons (Fsp3) is 0.474. The molecular weight excluding hydrogens is 300 g/mol. The highest BCUT2D eigenvalue weighted by Gasteiger charge is 2.38. The summed E-state index contributed by atoms with van der Waals surface area (Å²) in [5.74, 6) is 0.768. The van der Waals surface area contributed by atoms with Crippen LogP contribution in [0.2, 0.25) is 0 Å². The van der Waals surface area contributed by atoms with Gasteiger partial charge in [0.15, 0.2) is 0 Å². The van der Waals surface area contributed by atoms with Crippen molar-refractivity contribution < 1.29 is 4.79 Å². The van der Waals surface area contributed by atoms with Crippen LogP contribution in [0, 0.1) is 5.92 Å². The number of fused-ring (bicyclic) bond motifs is 1. The first-order valence-corrected chi connectivity index (χ1v) is 8.73. The van der Waals surface area contributed by atoms with Gasteiger partial charge in [0.05, 0.1) is 17.9 Å². The van der Waals surface area contributed by atoms with E-state index >= 15 is 0 Å². The standard InChI is InChI=1S/C19H24N4O/c1-13-7-18(19(24)23(13)17-11-21-22(2)12-17)20-10-14-8-15-5-3-4-6-16(15)9-14/h3-6,11-14,18,20H,7-10H2,1-2H3. The minimum absolute atomic E-state index is 0.0797. The van der Waals surface area contributed by atoms with Crippen molar-refractivity contribution >= 4 is 11.6 Å². The Morgan fingerprint density at radius 1 is 1.25 bits per heavy atom. The molecule has 1 fully saturated rings. The molecule has 24 heavy (non-hydrogen) atoms. The highest BCUT2D eigenvalue weighted by molar-refractivity contribution is 5.99. The number of anilines is 1. The minimum Gasteiger partial charge on any atom is -0.305 e. The van der Waals surface area contributed by atoms with Gasteiger partial charge in [-0.15, -0.1) is 0 Å². The van der Waals surface area contributed by atoms with E-state index in [4.69, 9.17) is 0 Å². The molecule has 5 nitrogen and oxygen atoms in total. The summed E-state index contributed by atoms with van der Waals surface area (Å²) in [4.78, 5) is 14.7. The molecule has 1 aliphatic carbocycles. The van der Waals surface area contributed by atoms with Crippen LogP contribution in [0.25, 0.3) is 0 Å². The van der Waals surface area contributed by atoms with Crippen LogP contribution in [0.15, 0.2) is 36.7 Å². The second kappa shape index (κ2) is 6.06. The number of hydrogen-bond donors (Lipinski definition) is 1. The molecule has 1 aromatic heterocycles. The summed E-state index contributed by atoms with van der Waals surface area (Å²) < 4.78 is 1.74. The van der Waals surface area contributed by atoms with Crippen molar-refractivity contribution in [1.29, 1.82) is 0 Å². The second-order valence-corrected chi connectivity index (χ2v) is 7.17. The van der Waals surface area contributed by atoms with Gasteiger partial charge in [-0.25, -0.2) is 0 Å². The molecule has 2 atom stereocenters. The predicted molar refractivity (Wildman–Crippen MR) is 93.9 cm³/mol. The largest absolute Gasteiger partial charge is 0.305 e. The molecule has 2 heterocycles. The Kier molecular flexibility index (Phi) is 3.88. The van der Waals surface area contributed by atoms with Crippen LogP contribution < -0.4 is 10.2 Å². The lowest BCUT2D eigenvalue weighted by atomic mass is 10.1. The van der Waals surface area contributed by atoms with Crippen molar-refractivity contribution in [2.45, 2.75) is 38.3 Å². The third-order valence-electron chi connectivity index (χ3n) is 5.31. The molecule has 2 aliphatic rings. The number of carbonyl (C=O) groups is 1. The molecule has 1 aliphatic heterocycles. The Labute approximate surface area is 142 Å². The molecule has 0 spiro atoms. The van der Waals surface area contributed by atoms with Gasteiger partial charge in [0.1, 0.15) is 0 Å². The van der Waals surface area contributed by atoms with Crippen LogP contribution in [-0.2, 0) is 24.7 Å². The molecule has 0 saturated carbocycles. The molecule has 1 amide bonds. The smallest absolute Gasteiger partial charge is 0.244 e. The SMILES string of the molecule is CC1CC(NCC2Cc3ccccc3C2)C(=O)N1c1cnn(C)c1. The Bertz CT molecular complexity index is 728. The zero-order valence-electron chi connectivity index (χ0n) is 14.3. The van der Waals surface area contributed by atoms with Gasteiger partial charge < -0.3 is 10.2 Å². The summed E-state index contributed by atoms with van der Waals surface area (Å²) in [6.07, 6.45) is 6.76. The number of rotatable bonds is 4. The number of nitrogens with one attached hydrogen (secondary N) is 1. The summed E-state index contributed by atoms with van der Waals surface area (Å²) in [5.41, 5.74) is 3.83. The molecule has 1 saturated heterocycles. The van der Waals surface area contributed by atoms with Crippen molar-refractivity contribution in [2.75, 3.05) is 11.4 Å². The van der Waals surface area contributed by atoms with E-state index in [1.165, 1.54) is 11.1 Å². The molecular formula is C19H24N4O. The van der Waals surface area contributed by atoms with Crippen LogP contribution in [-0.4, -0.2) is 34.3 Å². The quantitative estimate of drug-likeness (QED) is 0.935. The van der Waals surface area contributed by atoms with Crippen molar-refractivity contribution in [3.05, 3.63) is 47.8 Å². The zero-order chi connectivity index (χ0) is 16.7. The molecule has 1 N–H and O–H groups in total. The number of carbonyl (C=O) groups excluding carboxylic acids is 1. The first-order chi connectivity index (χ1) is 11.6. The summed E-state index contributed by atoms with van der Waals surface area (Å²) in [7, 11) is 1.88. The predicted octanol–water partition coefficient (Wildman–Crippen LogP) is 1.92. The Hall–Kier alpha value is -2.14. The zero-order valence-corrected chi connectivity index (χ0v) is 14.3. The van der Waals surface area contributed by atoms with Crippen molar-refractivity contribution in [3.8, 4) is 0 Å². The summed E-state index contributed by atoms with van der Waals surface area (Å²) >= 11 is 0. The van der Waals surface area contributed by atoms with E-state index in [0.29, 0.717) is 5.92 Å². The van der Waals surface area contributed by atoms with E-state index in [1.807, 2.05) is 18.1 Å². The highest BCUT2D eigenvalue weighted by atomic mass is 16.2. The lowest BCUT2D eigenvalue weighted by Crippen LogP contribution is -2.41. The second-order valence-electron chi connectivity index (χ2n) is 7.17. The molecule has 2 unspecified atom stereocenters. The van der Waals surface area contributed by atoms with Crippen molar-refractivity contribution in [1.82, 2.24) is 15.1 Å². The van der Waals surface area contributed by atoms with E-state index in [1.54, 1.807) is 10.9 Å². The summed E-state index contributed by atoms with van der Waals surface area (Å²) in [6, 6.07) is 8.80. The van der Waals surface area contributed by atoms with Gasteiger partial charge in [-0.05, 0) is 49.8 Å². The van der Waals surface area contributed by atoms with Crippen molar-refractivity contribution in [2.24, 2.45) is 13.0 Å². The topological polar surface area (TPSA) is 50.2 Å². The molecule has 4 rings (SSSR count). The minimum atomic E-state index is -0.0797. The van der Waals surface area contributed by atoms with Gasteiger partial charge in [-0.1, -0.05) is 24.3 Å². The Morgan fingerprint density at radius 3 is 2.58 bits per heavy atom. The van der Waals surface area contributed by atoms with Crippen LogP contribution in [0.3, 0.4) is 0 Å². The number of hydrogen-bond acceptors (Lipinski definition) is 3. The van der Waals surface area contributed by atoms with Gasteiger partial charge in [-0.2, -0.15) is 5.10 Å². The van der Waals surface area contributed by atoms with Crippen LogP contribution in [0.4, 0.5) is 5.69 Å². The van der Waals surface area contributed by atoms with E-state index in [0.717, 1.165) is 31.5 Å². The molecule has 126 valence electrons. The van der Waals surface area contributed by atoms with E-state index in [9.17, 15) is 4.79 Å². The number of benzene rings is 1. The third-order valence-corrected chi connectivity index (χ3v) is 5.31. The number of aromatic nitrogens is 2. The first kappa shape index (κ1) is 15.4. The molecule has 0 bridgehead atoms. The summed E-state index contributed by atoms with van der Waals surface area (Å²) in [6.45, 7) is 3.01. The normalized spacial score (nSPS) is 23.9. The van der Waals surface area contributed by atoms with Gasteiger partial charge in [-0.3, -0.25) is 9.48 Å². The number of amides is 1. The Morgan fingerprint density at radius 2 is 1.96 bits per heavy atom. The third kappa shape index (κ3) is 2.73. The molecule has 1 aromatic carbocycles. The fourth-order valence-electron chi connectivity index (χ4n) is 4.12. The van der Waals surface area contributed by atoms with Gasteiger partial charge in [0.2, 0.25) is 5.91 Å². The number of nitrogens with zero attached hydrogens (tertiary/aromatic N) is 3. The van der Waals surface area contributed by atoms with E-state index < -0.39 is 0 Å². The van der Waals surface area contributed by atoms with Crippen LogP contribution >= 0.6 is 0 Å². The van der Waals surface area contributed by atoms with Crippen LogP contribution in [0.1, 0.15) is 24.5 Å². The van der Waals surface area contributed by atoms with E-state index in [2.05, 4.69) is 41.6 Å². The van der Waals surface area contributed by atoms with Gasteiger partial charge in [0, 0.05) is 19.3 Å². The average Bonchev–Trinajstić information content (AvgIpc) is 3.23. The van der Waals surface area contributed by atoms with Crippen molar-refractivity contribution in [3.63, 3.8) is 0 Å². The van der Waals surface area contributed by atoms with Crippen LogP contribution in [0.5, 0.6) is 0 Å². The monoisotopic (exact) mass is 324 g/mol. The lowest BCUT2D eigenvalue weighted by molar-refractivity contribution is -0.118. The summed E-state index contributed by atoms with van der Waals surface area (Å²) in [5, 5.41) is 7.72. The molecule has 2 aromatic rings. The first-order valence-electron chi connectivity index (χ1n) is 8.73. The van der Waals surface area contributed by atoms with Gasteiger partial charge in [0.25, 0.3) is 0 Å². The fourth-order valence-corrected chi connectivity index (χ4v) is 4.12. The Balaban J connectivity index is 1.37.